The van der Waals surface area contributed by atoms with E-state index >= 15 is 0 Å². The minimum atomic E-state index is -0.981. The van der Waals surface area contributed by atoms with Crippen molar-refractivity contribution in [1.29, 1.82) is 0 Å². The molecule has 0 radical (unpaired) electrons. The van der Waals surface area contributed by atoms with E-state index in [-0.39, 0.29) is 30.8 Å². The molecule has 0 aliphatic heterocycles. The number of nitrogens with one attached hydrogen (secondary N) is 2. The number of aliphatic carboxylic acids is 1. The molecular formula is C13H24N2O4. The van der Waals surface area contributed by atoms with Crippen LogP contribution >= 0.6 is 0 Å². The summed E-state index contributed by atoms with van der Waals surface area (Å²) in [4.78, 5) is 33.6. The van der Waals surface area contributed by atoms with Gasteiger partial charge in [-0.1, -0.05) is 0 Å². The van der Waals surface area contributed by atoms with Gasteiger partial charge in [0.2, 0.25) is 11.8 Å². The predicted molar refractivity (Wildman–Crippen MR) is 71.6 cm³/mol. The predicted octanol–water partition coefficient (Wildman–Crippen LogP) is 0.908. The van der Waals surface area contributed by atoms with Gasteiger partial charge in [-0.05, 0) is 34.1 Å². The summed E-state index contributed by atoms with van der Waals surface area (Å²) in [7, 11) is 0. The van der Waals surface area contributed by atoms with Crippen LogP contribution in [0.1, 0.15) is 47.0 Å². The molecule has 0 aliphatic rings. The summed E-state index contributed by atoms with van der Waals surface area (Å²) in [5.74, 6) is -1.26. The van der Waals surface area contributed by atoms with Gasteiger partial charge < -0.3 is 15.7 Å². The third kappa shape index (κ3) is 8.18. The summed E-state index contributed by atoms with van der Waals surface area (Å²) >= 11 is 0. The van der Waals surface area contributed by atoms with Gasteiger partial charge in [0, 0.05) is 25.4 Å². The van der Waals surface area contributed by atoms with Crippen molar-refractivity contribution in [1.82, 2.24) is 10.6 Å². The van der Waals surface area contributed by atoms with Gasteiger partial charge in [0.15, 0.2) is 0 Å². The van der Waals surface area contributed by atoms with Crippen molar-refractivity contribution < 1.29 is 19.5 Å². The largest absolute Gasteiger partial charge is 0.481 e. The van der Waals surface area contributed by atoms with Gasteiger partial charge in [0.25, 0.3) is 0 Å². The summed E-state index contributed by atoms with van der Waals surface area (Å²) in [5.41, 5.74) is -0.981. The summed E-state index contributed by atoms with van der Waals surface area (Å²) in [6, 6.07) is 0.0951. The van der Waals surface area contributed by atoms with Gasteiger partial charge in [-0.25, -0.2) is 0 Å². The quantitative estimate of drug-likeness (QED) is 0.612. The highest BCUT2D eigenvalue weighted by molar-refractivity contribution is 5.80. The molecule has 0 saturated heterocycles. The van der Waals surface area contributed by atoms with Gasteiger partial charge in [-0.3, -0.25) is 14.4 Å². The molecule has 0 saturated carbocycles. The van der Waals surface area contributed by atoms with E-state index in [0.29, 0.717) is 12.8 Å². The highest BCUT2D eigenvalue weighted by Crippen LogP contribution is 2.13. The average Bonchev–Trinajstić information content (AvgIpc) is 2.25. The first-order valence-electron chi connectivity index (χ1n) is 6.44. The van der Waals surface area contributed by atoms with Crippen LogP contribution < -0.4 is 10.6 Å². The molecule has 2 amide bonds. The molecule has 0 fully saturated rings. The van der Waals surface area contributed by atoms with E-state index in [4.69, 9.17) is 5.11 Å². The molecule has 0 bridgehead atoms. The number of hydrogen-bond donors (Lipinski definition) is 3. The van der Waals surface area contributed by atoms with E-state index in [9.17, 15) is 14.4 Å². The fraction of sp³-hybridized carbons (Fsp3) is 0.769. The Morgan fingerprint density at radius 3 is 2.11 bits per heavy atom. The number of hydrogen-bond acceptors (Lipinski definition) is 3. The van der Waals surface area contributed by atoms with Crippen molar-refractivity contribution in [3.8, 4) is 0 Å². The SMILES string of the molecule is CC(C)NC(=O)CCCC(=O)NCC(C)(C)C(=O)O. The second kappa shape index (κ2) is 7.76. The molecule has 0 aromatic heterocycles. The van der Waals surface area contributed by atoms with Crippen LogP contribution in [0.4, 0.5) is 0 Å². The van der Waals surface area contributed by atoms with Crippen molar-refractivity contribution in [3.63, 3.8) is 0 Å². The normalized spacial score (nSPS) is 11.2. The molecule has 0 spiro atoms. The van der Waals surface area contributed by atoms with Crippen LogP contribution in [0.3, 0.4) is 0 Å². The molecule has 3 N–H and O–H groups in total. The monoisotopic (exact) mass is 272 g/mol. The lowest BCUT2D eigenvalue weighted by Gasteiger charge is -2.19. The Bertz CT molecular complexity index is 338. The van der Waals surface area contributed by atoms with Crippen molar-refractivity contribution in [3.05, 3.63) is 0 Å². The van der Waals surface area contributed by atoms with Crippen LogP contribution in [0.2, 0.25) is 0 Å². The van der Waals surface area contributed by atoms with E-state index in [1.165, 1.54) is 0 Å². The van der Waals surface area contributed by atoms with Gasteiger partial charge in [0.1, 0.15) is 0 Å². The number of carboxylic acid groups (broad SMARTS) is 1. The van der Waals surface area contributed by atoms with Crippen molar-refractivity contribution >= 4 is 17.8 Å². The van der Waals surface area contributed by atoms with E-state index in [1.807, 2.05) is 13.8 Å². The molecule has 0 heterocycles. The zero-order chi connectivity index (χ0) is 15.1. The Balaban J connectivity index is 3.83. The first-order valence-corrected chi connectivity index (χ1v) is 6.44. The first kappa shape index (κ1) is 17.4. The fourth-order valence-corrected chi connectivity index (χ4v) is 1.29. The molecule has 0 aliphatic carbocycles. The van der Waals surface area contributed by atoms with Gasteiger partial charge in [-0.15, -0.1) is 0 Å². The lowest BCUT2D eigenvalue weighted by molar-refractivity contribution is -0.146. The molecular weight excluding hydrogens is 248 g/mol. The van der Waals surface area contributed by atoms with Crippen LogP contribution in [0.25, 0.3) is 0 Å². The van der Waals surface area contributed by atoms with Gasteiger partial charge in [0.05, 0.1) is 5.41 Å². The number of amides is 2. The molecule has 0 aromatic rings. The zero-order valence-electron chi connectivity index (χ0n) is 12.1. The smallest absolute Gasteiger partial charge is 0.310 e. The average molecular weight is 272 g/mol. The molecule has 6 heteroatoms. The van der Waals surface area contributed by atoms with Gasteiger partial charge in [-0.2, -0.15) is 0 Å². The Hall–Kier alpha value is -1.59. The number of carbonyl (C=O) groups excluding carboxylic acids is 2. The standard InChI is InChI=1S/C13H24N2O4/c1-9(2)15-11(17)7-5-6-10(16)14-8-13(3,4)12(18)19/h9H,5-8H2,1-4H3,(H,14,16)(H,15,17)(H,18,19). The Morgan fingerprint density at radius 2 is 1.63 bits per heavy atom. The molecule has 110 valence electrons. The van der Waals surface area contributed by atoms with Crippen LogP contribution in [0.5, 0.6) is 0 Å². The minimum absolute atomic E-state index is 0.0753. The molecule has 0 atom stereocenters. The van der Waals surface area contributed by atoms with Crippen molar-refractivity contribution in [2.75, 3.05) is 6.54 Å². The van der Waals surface area contributed by atoms with E-state index < -0.39 is 11.4 Å². The van der Waals surface area contributed by atoms with Crippen LogP contribution in [0, 0.1) is 5.41 Å². The second-order valence-electron chi connectivity index (χ2n) is 5.54. The Kier molecular flexibility index (Phi) is 7.11. The summed E-state index contributed by atoms with van der Waals surface area (Å²) in [6.07, 6.45) is 0.979. The first-order chi connectivity index (χ1) is 8.65. The maximum absolute atomic E-state index is 11.5. The number of carboxylic acids is 1. The Labute approximate surface area is 113 Å². The topological polar surface area (TPSA) is 95.5 Å². The van der Waals surface area contributed by atoms with E-state index in [1.54, 1.807) is 13.8 Å². The van der Waals surface area contributed by atoms with E-state index in [0.717, 1.165) is 0 Å². The minimum Gasteiger partial charge on any atom is -0.481 e. The van der Waals surface area contributed by atoms with Crippen molar-refractivity contribution in [2.24, 2.45) is 5.41 Å². The zero-order valence-corrected chi connectivity index (χ0v) is 12.1. The third-order valence-electron chi connectivity index (χ3n) is 2.56. The Morgan fingerprint density at radius 1 is 1.11 bits per heavy atom. The second-order valence-corrected chi connectivity index (χ2v) is 5.54. The molecule has 0 unspecified atom stereocenters. The van der Waals surface area contributed by atoms with Gasteiger partial charge >= 0.3 is 5.97 Å². The molecule has 6 nitrogen and oxygen atoms in total. The third-order valence-corrected chi connectivity index (χ3v) is 2.56. The maximum atomic E-state index is 11.5. The number of rotatable bonds is 8. The number of carbonyl (C=O) groups is 3. The van der Waals surface area contributed by atoms with Crippen LogP contribution in [-0.4, -0.2) is 35.5 Å². The van der Waals surface area contributed by atoms with Crippen molar-refractivity contribution in [2.45, 2.75) is 53.0 Å². The summed E-state index contributed by atoms with van der Waals surface area (Å²) < 4.78 is 0. The molecule has 0 rings (SSSR count). The highest BCUT2D eigenvalue weighted by atomic mass is 16.4. The lowest BCUT2D eigenvalue weighted by Crippen LogP contribution is -2.38. The summed E-state index contributed by atoms with van der Waals surface area (Å²) in [6.45, 7) is 6.92. The maximum Gasteiger partial charge on any atom is 0.310 e. The van der Waals surface area contributed by atoms with Crippen LogP contribution in [-0.2, 0) is 14.4 Å². The lowest BCUT2D eigenvalue weighted by atomic mass is 9.94. The van der Waals surface area contributed by atoms with Crippen LogP contribution in [0.15, 0.2) is 0 Å². The molecule has 19 heavy (non-hydrogen) atoms. The fourth-order valence-electron chi connectivity index (χ4n) is 1.29. The highest BCUT2D eigenvalue weighted by Gasteiger charge is 2.27. The molecule has 0 aromatic carbocycles. The van der Waals surface area contributed by atoms with E-state index in [2.05, 4.69) is 10.6 Å². The summed E-state index contributed by atoms with van der Waals surface area (Å²) in [5, 5.41) is 14.2.